The van der Waals surface area contributed by atoms with E-state index in [1.807, 2.05) is 27.7 Å². The highest BCUT2D eigenvalue weighted by atomic mass is 28.3. The number of aromatic amines is 3. The van der Waals surface area contributed by atoms with E-state index < -0.39 is 78.3 Å². The molecule has 56 heavy (non-hydrogen) atoms. The Kier molecular flexibility index (Phi) is 14.0. The van der Waals surface area contributed by atoms with E-state index in [1.165, 1.54) is 39.9 Å². The van der Waals surface area contributed by atoms with Crippen molar-refractivity contribution in [3.05, 3.63) is 124 Å². The molecular weight excluding hydrogens is 749 g/mol. The summed E-state index contributed by atoms with van der Waals surface area (Å²) < 4.78 is 20.9. The average molecular weight is 803 g/mol. The van der Waals surface area contributed by atoms with E-state index in [1.54, 1.807) is 0 Å². The molecule has 0 radical (unpaired) electrons. The molecule has 0 aliphatic carbocycles. The summed E-state index contributed by atoms with van der Waals surface area (Å²) in [4.78, 5) is 75.0. The molecule has 0 bridgehead atoms. The summed E-state index contributed by atoms with van der Waals surface area (Å²) in [6, 6.07) is 4.39. The van der Waals surface area contributed by atoms with Crippen LogP contribution in [0.2, 0.25) is 25.7 Å². The maximum Gasteiger partial charge on any atom is 0.330 e. The van der Waals surface area contributed by atoms with Gasteiger partial charge in [-0.15, -0.1) is 0 Å². The third kappa shape index (κ3) is 9.53. The van der Waals surface area contributed by atoms with Crippen molar-refractivity contribution in [3.8, 4) is 0 Å². The van der Waals surface area contributed by atoms with Gasteiger partial charge in [0.1, 0.15) is 17.8 Å². The smallest absolute Gasteiger partial charge is 0.330 e. The van der Waals surface area contributed by atoms with Crippen LogP contribution in [-0.2, 0) is 14.2 Å². The lowest BCUT2D eigenvalue weighted by Crippen LogP contribution is -2.49. The second-order valence-electron chi connectivity index (χ2n) is 15.5. The fourth-order valence-electron chi connectivity index (χ4n) is 7.27. The van der Waals surface area contributed by atoms with Crippen molar-refractivity contribution in [1.82, 2.24) is 28.7 Å². The van der Waals surface area contributed by atoms with Gasteiger partial charge in [-0.2, -0.15) is 0 Å². The summed E-state index contributed by atoms with van der Waals surface area (Å²) >= 11 is 0. The largest absolute Gasteiger partial charge is 0.394 e. The highest BCUT2D eigenvalue weighted by molar-refractivity contribution is 6.76. The van der Waals surface area contributed by atoms with Crippen molar-refractivity contribution < 1.29 is 29.5 Å². The van der Waals surface area contributed by atoms with Crippen molar-refractivity contribution in [3.63, 3.8) is 0 Å². The predicted molar refractivity (Wildman–Crippen MR) is 209 cm³/mol. The molecule has 6 N–H and O–H groups in total. The summed E-state index contributed by atoms with van der Waals surface area (Å²) in [6.45, 7) is 21.8. The summed E-state index contributed by atoms with van der Waals surface area (Å²) in [6.07, 6.45) is 1.75. The van der Waals surface area contributed by atoms with Gasteiger partial charge < -0.3 is 29.5 Å². The van der Waals surface area contributed by atoms with E-state index in [2.05, 4.69) is 47.8 Å². The maximum atomic E-state index is 12.1. The van der Waals surface area contributed by atoms with Gasteiger partial charge in [-0.1, -0.05) is 60.5 Å². The van der Waals surface area contributed by atoms with E-state index in [4.69, 9.17) is 19.3 Å². The first-order valence-corrected chi connectivity index (χ1v) is 22.2. The molecule has 10 atom stereocenters. The fraction of sp³-hybridized carbons (Fsp3) is 0.568. The molecule has 0 amide bonds. The Morgan fingerprint density at radius 2 is 1.14 bits per heavy atom. The number of hydrogen-bond acceptors (Lipinski definition) is 12. The lowest BCUT2D eigenvalue weighted by Gasteiger charge is -2.37. The molecule has 18 nitrogen and oxygen atoms in total. The van der Waals surface area contributed by atoms with Gasteiger partial charge in [0, 0.05) is 62.3 Å². The first-order chi connectivity index (χ1) is 26.2. The van der Waals surface area contributed by atoms with Crippen LogP contribution in [0.25, 0.3) is 0 Å². The highest BCUT2D eigenvalue weighted by Crippen LogP contribution is 2.47. The standard InChI is InChI=1S/C15H26N2O4Si.C12H16N2O3.C10H12N2O5/c1-6-11-10(2)15(20,9-22(3,4)5)13(21-11)17-8-7-12(18)16-14(17)19;1-4-9-7(2)8(3)11(17-9)14-6-5-10(15)13-12(14)16;1-5-8(15)6(4-13)17-9(5)12-3-2-7(14)11-10(12)16/h7-8,10-11,13,20H,6,9H2,1-5H3,(H,16,18,19);5-7,9,11H,3-4H2,1-2H3,(H,13,15,16);2-3,6,8-9,13,15H,1,4H2,(H,11,14,16)/t10-,11-,13-,15+;7-,9+,11+;6-,8+,9-/m101/s1. The summed E-state index contributed by atoms with van der Waals surface area (Å²) in [5.74, 6) is 0.136. The van der Waals surface area contributed by atoms with E-state index in [0.717, 1.165) is 29.0 Å². The quantitative estimate of drug-likeness (QED) is 0.138. The molecule has 3 aliphatic rings. The zero-order chi connectivity index (χ0) is 41.9. The number of nitrogens with one attached hydrogen (secondary N) is 3. The Bertz CT molecular complexity index is 2130. The third-order valence-electron chi connectivity index (χ3n) is 10.3. The molecule has 3 saturated heterocycles. The Morgan fingerprint density at radius 3 is 1.52 bits per heavy atom. The van der Waals surface area contributed by atoms with Gasteiger partial charge in [-0.25, -0.2) is 14.4 Å². The van der Waals surface area contributed by atoms with Crippen LogP contribution in [0.15, 0.2) is 89.9 Å². The van der Waals surface area contributed by atoms with Crippen LogP contribution < -0.4 is 33.7 Å². The van der Waals surface area contributed by atoms with Crippen LogP contribution in [0, 0.1) is 11.8 Å². The van der Waals surface area contributed by atoms with E-state index >= 15 is 0 Å². The van der Waals surface area contributed by atoms with Crippen molar-refractivity contribution >= 4 is 8.07 Å². The van der Waals surface area contributed by atoms with Gasteiger partial charge in [0.05, 0.1) is 18.8 Å². The molecule has 0 aromatic carbocycles. The molecule has 3 aromatic rings. The summed E-state index contributed by atoms with van der Waals surface area (Å²) in [7, 11) is -1.60. The van der Waals surface area contributed by atoms with Crippen molar-refractivity contribution in [2.45, 2.75) is 115 Å². The number of nitrogens with zero attached hydrogens (tertiary/aromatic N) is 3. The molecule has 3 fully saturated rings. The molecule has 0 spiro atoms. The lowest BCUT2D eigenvalue weighted by molar-refractivity contribution is -0.0881. The van der Waals surface area contributed by atoms with Gasteiger partial charge in [-0.3, -0.25) is 43.0 Å². The number of aromatic nitrogens is 6. The Balaban J connectivity index is 0.000000189. The van der Waals surface area contributed by atoms with Crippen LogP contribution in [-0.4, -0.2) is 88.7 Å². The molecule has 19 heteroatoms. The molecular formula is C37H54N6O12Si. The Labute approximate surface area is 322 Å². The number of ether oxygens (including phenoxy) is 3. The van der Waals surface area contributed by atoms with Gasteiger partial charge in [-0.05, 0) is 24.5 Å². The third-order valence-corrected chi connectivity index (χ3v) is 11.9. The molecule has 0 unspecified atom stereocenters. The van der Waals surface area contributed by atoms with Crippen molar-refractivity contribution in [2.24, 2.45) is 11.8 Å². The minimum absolute atomic E-state index is 0.0753. The number of hydrogen-bond donors (Lipinski definition) is 6. The zero-order valence-corrected chi connectivity index (χ0v) is 33.8. The second-order valence-corrected chi connectivity index (χ2v) is 21.0. The van der Waals surface area contributed by atoms with E-state index in [0.29, 0.717) is 6.04 Å². The lowest BCUT2D eigenvalue weighted by atomic mass is 9.87. The first kappa shape index (κ1) is 44.2. The van der Waals surface area contributed by atoms with Gasteiger partial charge in [0.15, 0.2) is 18.7 Å². The first-order valence-electron chi connectivity index (χ1n) is 18.5. The molecule has 0 saturated carbocycles. The number of aliphatic hydroxyl groups excluding tert-OH is 2. The van der Waals surface area contributed by atoms with Gasteiger partial charge in [0.25, 0.3) is 16.7 Å². The number of H-pyrrole nitrogens is 3. The SMILES string of the molecule is C=C1[C@H](n2ccc(=O)[nH]c2=O)O[C@H](CC)[C@H]1C.C=C1[C@H](n2ccc(=O)[nH]c2=O)O[C@H](CO)[C@H]1O.CC[C@H]1O[C@@H](n2ccc(=O)[nH]c2=O)[C@](O)(C[Si](C)(C)C)[C@@H]1C. The monoisotopic (exact) mass is 802 g/mol. The van der Waals surface area contributed by atoms with Crippen LogP contribution in [0.3, 0.4) is 0 Å². The minimum Gasteiger partial charge on any atom is -0.394 e. The number of aliphatic hydroxyl groups is 3. The second kappa shape index (κ2) is 17.7. The number of rotatable bonds is 8. The molecule has 6 rings (SSSR count). The van der Waals surface area contributed by atoms with E-state index in [-0.39, 0.29) is 36.2 Å². The summed E-state index contributed by atoms with van der Waals surface area (Å²) in [5, 5.41) is 30.0. The van der Waals surface area contributed by atoms with Crippen molar-refractivity contribution in [2.75, 3.05) is 6.61 Å². The van der Waals surface area contributed by atoms with Crippen LogP contribution in [0.5, 0.6) is 0 Å². The Hall–Kier alpha value is -4.50. The Morgan fingerprint density at radius 1 is 0.714 bits per heavy atom. The summed E-state index contributed by atoms with van der Waals surface area (Å²) in [5.41, 5.74) is -3.02. The predicted octanol–water partition coefficient (Wildman–Crippen LogP) is 0.929. The average Bonchev–Trinajstić information content (AvgIpc) is 3.67. The molecule has 308 valence electrons. The normalized spacial score (nSPS) is 30.1. The molecule has 3 aliphatic heterocycles. The van der Waals surface area contributed by atoms with Crippen molar-refractivity contribution in [1.29, 1.82) is 0 Å². The van der Waals surface area contributed by atoms with E-state index in [9.17, 15) is 39.0 Å². The van der Waals surface area contributed by atoms with Gasteiger partial charge in [0.2, 0.25) is 0 Å². The highest BCUT2D eigenvalue weighted by Gasteiger charge is 2.55. The fourth-order valence-corrected chi connectivity index (χ4v) is 9.46. The van der Waals surface area contributed by atoms with Gasteiger partial charge >= 0.3 is 17.1 Å². The minimum atomic E-state index is -1.60. The van der Waals surface area contributed by atoms with Crippen LogP contribution in [0.4, 0.5) is 0 Å². The topological polar surface area (TPSA) is 253 Å². The zero-order valence-electron chi connectivity index (χ0n) is 32.8. The molecule has 3 aromatic heterocycles. The van der Waals surface area contributed by atoms with Crippen LogP contribution in [0.1, 0.15) is 59.2 Å². The molecule has 6 heterocycles. The van der Waals surface area contributed by atoms with Crippen LogP contribution >= 0.6 is 0 Å². The maximum absolute atomic E-state index is 12.1.